The summed E-state index contributed by atoms with van der Waals surface area (Å²) in [6, 6.07) is -0.317. The number of nitrogens with zero attached hydrogens (tertiary/aromatic N) is 1. The molecule has 17 heavy (non-hydrogen) atoms. The first-order valence-corrected chi connectivity index (χ1v) is 6.43. The standard InChI is InChI=1S/C12H23N3O2/c1-3-5-9(8-13)12(17)15-7-6-14-11(16)10(15)4-2/h9-10H,3-8,13H2,1-2H3,(H,14,16). The topological polar surface area (TPSA) is 75.4 Å². The van der Waals surface area contributed by atoms with Crippen LogP contribution in [0.5, 0.6) is 0 Å². The minimum atomic E-state index is -0.317. The number of carbonyl (C=O) groups is 2. The zero-order chi connectivity index (χ0) is 12.8. The van der Waals surface area contributed by atoms with Gasteiger partial charge in [0.05, 0.1) is 5.92 Å². The molecule has 0 saturated carbocycles. The second kappa shape index (κ2) is 6.59. The van der Waals surface area contributed by atoms with Crippen molar-refractivity contribution in [1.82, 2.24) is 10.2 Å². The van der Waals surface area contributed by atoms with Crippen LogP contribution >= 0.6 is 0 Å². The maximum absolute atomic E-state index is 12.3. The average molecular weight is 241 g/mol. The quantitative estimate of drug-likeness (QED) is 0.716. The summed E-state index contributed by atoms with van der Waals surface area (Å²) in [5.41, 5.74) is 5.64. The number of nitrogens with one attached hydrogen (secondary N) is 1. The first-order valence-electron chi connectivity index (χ1n) is 6.43. The van der Waals surface area contributed by atoms with Crippen molar-refractivity contribution < 1.29 is 9.59 Å². The predicted octanol–water partition coefficient (Wildman–Crippen LogP) is 0.0984. The van der Waals surface area contributed by atoms with E-state index < -0.39 is 0 Å². The highest BCUT2D eigenvalue weighted by Crippen LogP contribution is 2.15. The van der Waals surface area contributed by atoms with E-state index >= 15 is 0 Å². The van der Waals surface area contributed by atoms with Crippen LogP contribution in [0, 0.1) is 5.92 Å². The summed E-state index contributed by atoms with van der Waals surface area (Å²) in [5, 5.41) is 2.79. The normalized spacial score (nSPS) is 22.2. The van der Waals surface area contributed by atoms with Crippen LogP contribution in [-0.4, -0.2) is 42.4 Å². The van der Waals surface area contributed by atoms with E-state index in [-0.39, 0.29) is 23.8 Å². The SMILES string of the molecule is CCCC(CN)C(=O)N1CCNC(=O)C1CC. The lowest BCUT2D eigenvalue weighted by Gasteiger charge is -2.36. The molecule has 1 aliphatic rings. The highest BCUT2D eigenvalue weighted by molar-refractivity contribution is 5.89. The Morgan fingerprint density at radius 2 is 2.29 bits per heavy atom. The second-order valence-corrected chi connectivity index (χ2v) is 4.47. The van der Waals surface area contributed by atoms with E-state index in [0.29, 0.717) is 26.1 Å². The van der Waals surface area contributed by atoms with Crippen molar-refractivity contribution in [3.05, 3.63) is 0 Å². The summed E-state index contributed by atoms with van der Waals surface area (Å²) in [7, 11) is 0. The molecule has 1 saturated heterocycles. The van der Waals surface area contributed by atoms with E-state index in [9.17, 15) is 9.59 Å². The summed E-state index contributed by atoms with van der Waals surface area (Å²) in [6.45, 7) is 5.47. The molecule has 1 fully saturated rings. The molecule has 1 rings (SSSR count). The predicted molar refractivity (Wildman–Crippen MR) is 66.3 cm³/mol. The molecule has 5 heteroatoms. The molecule has 2 amide bonds. The van der Waals surface area contributed by atoms with Gasteiger partial charge in [-0.05, 0) is 12.8 Å². The van der Waals surface area contributed by atoms with Crippen LogP contribution in [0.2, 0.25) is 0 Å². The molecule has 0 aromatic carbocycles. The van der Waals surface area contributed by atoms with Gasteiger partial charge in [-0.3, -0.25) is 9.59 Å². The Morgan fingerprint density at radius 3 is 2.82 bits per heavy atom. The zero-order valence-electron chi connectivity index (χ0n) is 10.7. The van der Waals surface area contributed by atoms with Gasteiger partial charge in [-0.25, -0.2) is 0 Å². The smallest absolute Gasteiger partial charge is 0.242 e. The molecule has 2 atom stereocenters. The maximum atomic E-state index is 12.3. The number of hydrogen-bond acceptors (Lipinski definition) is 3. The van der Waals surface area contributed by atoms with Crippen LogP contribution in [0.1, 0.15) is 33.1 Å². The molecule has 0 aromatic heterocycles. The number of amides is 2. The Hall–Kier alpha value is -1.10. The van der Waals surface area contributed by atoms with Gasteiger partial charge in [0.2, 0.25) is 11.8 Å². The highest BCUT2D eigenvalue weighted by Gasteiger charge is 2.34. The third-order valence-corrected chi connectivity index (χ3v) is 3.27. The van der Waals surface area contributed by atoms with Gasteiger partial charge in [0.15, 0.2) is 0 Å². The first kappa shape index (κ1) is 14.0. The minimum absolute atomic E-state index is 0.0380. The largest absolute Gasteiger partial charge is 0.353 e. The fourth-order valence-electron chi connectivity index (χ4n) is 2.31. The number of hydrogen-bond donors (Lipinski definition) is 2. The molecular weight excluding hydrogens is 218 g/mol. The van der Waals surface area contributed by atoms with Crippen LogP contribution in [0.4, 0.5) is 0 Å². The van der Waals surface area contributed by atoms with Crippen molar-refractivity contribution in [1.29, 1.82) is 0 Å². The van der Waals surface area contributed by atoms with Gasteiger partial charge in [-0.15, -0.1) is 0 Å². The van der Waals surface area contributed by atoms with Crippen LogP contribution < -0.4 is 11.1 Å². The van der Waals surface area contributed by atoms with E-state index in [1.165, 1.54) is 0 Å². The number of rotatable bonds is 5. The molecule has 0 aromatic rings. The Bertz CT molecular complexity index is 281. The first-order chi connectivity index (χ1) is 8.15. The molecule has 98 valence electrons. The third-order valence-electron chi connectivity index (χ3n) is 3.27. The summed E-state index contributed by atoms with van der Waals surface area (Å²) in [4.78, 5) is 25.7. The van der Waals surface area contributed by atoms with E-state index in [1.54, 1.807) is 4.90 Å². The van der Waals surface area contributed by atoms with Crippen molar-refractivity contribution in [3.63, 3.8) is 0 Å². The fourth-order valence-corrected chi connectivity index (χ4v) is 2.31. The molecule has 0 spiro atoms. The van der Waals surface area contributed by atoms with Gasteiger partial charge < -0.3 is 16.0 Å². The molecule has 0 radical (unpaired) electrons. The minimum Gasteiger partial charge on any atom is -0.353 e. The van der Waals surface area contributed by atoms with Gasteiger partial charge in [0.25, 0.3) is 0 Å². The highest BCUT2D eigenvalue weighted by atomic mass is 16.2. The molecule has 5 nitrogen and oxygen atoms in total. The summed E-state index contributed by atoms with van der Waals surface area (Å²) in [5.74, 6) is -0.143. The monoisotopic (exact) mass is 241 g/mol. The Morgan fingerprint density at radius 1 is 1.59 bits per heavy atom. The molecule has 0 bridgehead atoms. The van der Waals surface area contributed by atoms with Crippen LogP contribution in [0.15, 0.2) is 0 Å². The molecular formula is C12H23N3O2. The zero-order valence-corrected chi connectivity index (χ0v) is 10.7. The van der Waals surface area contributed by atoms with E-state index in [4.69, 9.17) is 5.73 Å². The molecule has 0 aliphatic carbocycles. The van der Waals surface area contributed by atoms with Crippen LogP contribution in [0.3, 0.4) is 0 Å². The third kappa shape index (κ3) is 3.19. The maximum Gasteiger partial charge on any atom is 0.242 e. The lowest BCUT2D eigenvalue weighted by atomic mass is 9.99. The molecule has 1 aliphatic heterocycles. The molecule has 2 unspecified atom stereocenters. The number of piperazine rings is 1. The Kier molecular flexibility index (Phi) is 5.41. The van der Waals surface area contributed by atoms with Gasteiger partial charge in [0.1, 0.15) is 6.04 Å². The summed E-state index contributed by atoms with van der Waals surface area (Å²) < 4.78 is 0. The van der Waals surface area contributed by atoms with Gasteiger partial charge in [0, 0.05) is 19.6 Å². The number of carbonyl (C=O) groups excluding carboxylic acids is 2. The molecule has 1 heterocycles. The van der Waals surface area contributed by atoms with Crippen molar-refractivity contribution in [2.45, 2.75) is 39.2 Å². The van der Waals surface area contributed by atoms with E-state index in [1.807, 2.05) is 13.8 Å². The molecule has 3 N–H and O–H groups in total. The average Bonchev–Trinajstić information content (AvgIpc) is 2.34. The van der Waals surface area contributed by atoms with Gasteiger partial charge >= 0.3 is 0 Å². The Labute approximate surface area is 103 Å². The summed E-state index contributed by atoms with van der Waals surface area (Å²) in [6.07, 6.45) is 2.38. The van der Waals surface area contributed by atoms with Gasteiger partial charge in [-0.1, -0.05) is 20.3 Å². The van der Waals surface area contributed by atoms with Crippen molar-refractivity contribution >= 4 is 11.8 Å². The van der Waals surface area contributed by atoms with Crippen molar-refractivity contribution in [3.8, 4) is 0 Å². The van der Waals surface area contributed by atoms with Crippen molar-refractivity contribution in [2.24, 2.45) is 11.7 Å². The Balaban J connectivity index is 2.74. The summed E-state index contributed by atoms with van der Waals surface area (Å²) >= 11 is 0. The van der Waals surface area contributed by atoms with E-state index in [0.717, 1.165) is 12.8 Å². The number of nitrogens with two attached hydrogens (primary N) is 1. The van der Waals surface area contributed by atoms with Crippen LogP contribution in [0.25, 0.3) is 0 Å². The van der Waals surface area contributed by atoms with Crippen LogP contribution in [-0.2, 0) is 9.59 Å². The van der Waals surface area contributed by atoms with Crippen molar-refractivity contribution in [2.75, 3.05) is 19.6 Å². The lowest BCUT2D eigenvalue weighted by molar-refractivity contribution is -0.146. The fraction of sp³-hybridized carbons (Fsp3) is 0.833. The lowest BCUT2D eigenvalue weighted by Crippen LogP contribution is -2.58. The van der Waals surface area contributed by atoms with E-state index in [2.05, 4.69) is 5.32 Å². The van der Waals surface area contributed by atoms with Gasteiger partial charge in [-0.2, -0.15) is 0 Å². The second-order valence-electron chi connectivity index (χ2n) is 4.47.